The van der Waals surface area contributed by atoms with E-state index in [0.717, 1.165) is 0 Å². The molecular weight excluding hydrogens is 272 g/mol. The van der Waals surface area contributed by atoms with Gasteiger partial charge in [-0.05, 0) is 29.8 Å². The molecule has 0 spiro atoms. The van der Waals surface area contributed by atoms with E-state index in [2.05, 4.69) is 15.9 Å². The summed E-state index contributed by atoms with van der Waals surface area (Å²) in [5, 5.41) is 9.55. The molecule has 0 unspecified atom stereocenters. The topological polar surface area (TPSA) is 38.7 Å². The summed E-state index contributed by atoms with van der Waals surface area (Å²) < 4.78 is 11.2. The molecule has 3 nitrogen and oxygen atoms in total. The quantitative estimate of drug-likeness (QED) is 0.915. The van der Waals surface area contributed by atoms with E-state index in [9.17, 15) is 5.11 Å². The molecule has 0 aliphatic carbocycles. The lowest BCUT2D eigenvalue weighted by Crippen LogP contribution is -2.05. The van der Waals surface area contributed by atoms with Gasteiger partial charge in [0.15, 0.2) is 11.5 Å². The Morgan fingerprint density at radius 2 is 1.75 bits per heavy atom. The molecule has 1 rings (SSSR count). The predicted molar refractivity (Wildman–Crippen MR) is 69.5 cm³/mol. The van der Waals surface area contributed by atoms with E-state index in [-0.39, 0.29) is 11.9 Å². The van der Waals surface area contributed by atoms with Crippen molar-refractivity contribution in [2.75, 3.05) is 7.11 Å². The molecule has 0 heterocycles. The molecule has 0 amide bonds. The summed E-state index contributed by atoms with van der Waals surface area (Å²) in [7, 11) is 1.57. The number of ether oxygens (including phenoxy) is 2. The third kappa shape index (κ3) is 4.31. The largest absolute Gasteiger partial charge is 0.504 e. The van der Waals surface area contributed by atoms with Crippen molar-refractivity contribution < 1.29 is 14.6 Å². The summed E-state index contributed by atoms with van der Waals surface area (Å²) in [6.07, 6.45) is 0.0202. The molecule has 16 heavy (non-hydrogen) atoms. The van der Waals surface area contributed by atoms with E-state index in [0.29, 0.717) is 16.0 Å². The Hall–Kier alpha value is -0.900. The first-order chi connectivity index (χ1) is 7.54. The van der Waals surface area contributed by atoms with Crippen molar-refractivity contribution in [3.63, 3.8) is 0 Å². The SMILES string of the molecule is CC.COc1cc(OC(C)C)c(O)cc1Br. The summed E-state index contributed by atoms with van der Waals surface area (Å²) in [4.78, 5) is 0. The maximum Gasteiger partial charge on any atom is 0.165 e. The van der Waals surface area contributed by atoms with Crippen molar-refractivity contribution in [3.05, 3.63) is 16.6 Å². The average Bonchev–Trinajstić information content (AvgIpc) is 2.24. The van der Waals surface area contributed by atoms with E-state index in [1.807, 2.05) is 27.7 Å². The first kappa shape index (κ1) is 15.1. The molecule has 4 heteroatoms. The van der Waals surface area contributed by atoms with Gasteiger partial charge in [-0.25, -0.2) is 0 Å². The van der Waals surface area contributed by atoms with Gasteiger partial charge in [0, 0.05) is 12.1 Å². The van der Waals surface area contributed by atoms with E-state index >= 15 is 0 Å². The molecule has 0 saturated heterocycles. The molecule has 0 aromatic heterocycles. The fourth-order valence-electron chi connectivity index (χ4n) is 1.03. The molecule has 0 radical (unpaired) electrons. The zero-order valence-corrected chi connectivity index (χ0v) is 12.0. The number of rotatable bonds is 3. The van der Waals surface area contributed by atoms with Crippen LogP contribution in [0.1, 0.15) is 27.7 Å². The van der Waals surface area contributed by atoms with Crippen LogP contribution >= 0.6 is 15.9 Å². The zero-order valence-electron chi connectivity index (χ0n) is 10.4. The lowest BCUT2D eigenvalue weighted by molar-refractivity contribution is 0.230. The van der Waals surface area contributed by atoms with Gasteiger partial charge in [0.1, 0.15) is 5.75 Å². The fraction of sp³-hybridized carbons (Fsp3) is 0.500. The highest BCUT2D eigenvalue weighted by atomic mass is 79.9. The van der Waals surface area contributed by atoms with E-state index in [1.165, 1.54) is 0 Å². The van der Waals surface area contributed by atoms with Gasteiger partial charge in [-0.1, -0.05) is 13.8 Å². The highest BCUT2D eigenvalue weighted by Crippen LogP contribution is 2.37. The van der Waals surface area contributed by atoms with Gasteiger partial charge in [0.05, 0.1) is 17.7 Å². The molecule has 0 fully saturated rings. The van der Waals surface area contributed by atoms with Gasteiger partial charge in [-0.3, -0.25) is 0 Å². The van der Waals surface area contributed by atoms with E-state index in [1.54, 1.807) is 19.2 Å². The van der Waals surface area contributed by atoms with Crippen molar-refractivity contribution >= 4 is 15.9 Å². The third-order valence-corrected chi connectivity index (χ3v) is 2.22. The van der Waals surface area contributed by atoms with Crippen LogP contribution < -0.4 is 9.47 Å². The Morgan fingerprint density at radius 1 is 1.19 bits per heavy atom. The zero-order chi connectivity index (χ0) is 12.7. The highest BCUT2D eigenvalue weighted by molar-refractivity contribution is 9.10. The molecule has 1 aromatic rings. The van der Waals surface area contributed by atoms with Crippen LogP contribution in [0, 0.1) is 0 Å². The molecule has 0 bridgehead atoms. The third-order valence-electron chi connectivity index (χ3n) is 1.60. The lowest BCUT2D eigenvalue weighted by Gasteiger charge is -2.13. The van der Waals surface area contributed by atoms with Crippen LogP contribution in [0.25, 0.3) is 0 Å². The lowest BCUT2D eigenvalue weighted by atomic mass is 10.3. The standard InChI is InChI=1S/C10H13BrO3.C2H6/c1-6(2)14-10-5-9(13-3)7(11)4-8(10)12;1-2/h4-6,12H,1-3H3;1-2H3. The minimum atomic E-state index is 0.0202. The number of halogens is 1. The van der Waals surface area contributed by atoms with Gasteiger partial charge < -0.3 is 14.6 Å². The van der Waals surface area contributed by atoms with Crippen molar-refractivity contribution in [1.82, 2.24) is 0 Å². The molecule has 92 valence electrons. The van der Waals surface area contributed by atoms with Crippen LogP contribution in [-0.4, -0.2) is 18.3 Å². The van der Waals surface area contributed by atoms with Gasteiger partial charge in [-0.15, -0.1) is 0 Å². The number of phenolic OH excluding ortho intramolecular Hbond substituents is 1. The van der Waals surface area contributed by atoms with Crippen LogP contribution in [0.3, 0.4) is 0 Å². The van der Waals surface area contributed by atoms with Crippen LogP contribution in [0.15, 0.2) is 16.6 Å². The normalized spacial score (nSPS) is 9.44. The molecule has 0 aliphatic rings. The first-order valence-corrected chi connectivity index (χ1v) is 6.07. The molecule has 0 atom stereocenters. The molecular formula is C12H19BrO3. The number of aromatic hydroxyl groups is 1. The van der Waals surface area contributed by atoms with Gasteiger partial charge in [-0.2, -0.15) is 0 Å². The monoisotopic (exact) mass is 290 g/mol. The van der Waals surface area contributed by atoms with Crippen molar-refractivity contribution in [2.24, 2.45) is 0 Å². The Bertz CT molecular complexity index is 324. The predicted octanol–water partition coefficient (Wildman–Crippen LogP) is 3.98. The number of methoxy groups -OCH3 is 1. The summed E-state index contributed by atoms with van der Waals surface area (Å²) in [5.74, 6) is 1.17. The highest BCUT2D eigenvalue weighted by Gasteiger charge is 2.10. The average molecular weight is 291 g/mol. The van der Waals surface area contributed by atoms with Gasteiger partial charge in [0.2, 0.25) is 0 Å². The molecule has 1 N–H and O–H groups in total. The van der Waals surface area contributed by atoms with Crippen LogP contribution in [0.2, 0.25) is 0 Å². The Balaban J connectivity index is 0.00000106. The number of hydrogen-bond donors (Lipinski definition) is 1. The van der Waals surface area contributed by atoms with E-state index in [4.69, 9.17) is 9.47 Å². The van der Waals surface area contributed by atoms with Crippen LogP contribution in [0.4, 0.5) is 0 Å². The minimum absolute atomic E-state index is 0.0202. The smallest absolute Gasteiger partial charge is 0.165 e. The second-order valence-corrected chi connectivity index (χ2v) is 3.98. The van der Waals surface area contributed by atoms with Crippen LogP contribution in [-0.2, 0) is 0 Å². The maximum atomic E-state index is 9.55. The van der Waals surface area contributed by atoms with Crippen molar-refractivity contribution in [1.29, 1.82) is 0 Å². The summed E-state index contributed by atoms with van der Waals surface area (Å²) in [6.45, 7) is 7.79. The molecule has 1 aromatic carbocycles. The Labute approximate surface area is 106 Å². The minimum Gasteiger partial charge on any atom is -0.504 e. The molecule has 0 saturated carbocycles. The Morgan fingerprint density at radius 3 is 2.19 bits per heavy atom. The first-order valence-electron chi connectivity index (χ1n) is 5.27. The van der Waals surface area contributed by atoms with Crippen molar-refractivity contribution in [2.45, 2.75) is 33.8 Å². The summed E-state index contributed by atoms with van der Waals surface area (Å²) >= 11 is 3.27. The number of benzene rings is 1. The molecule has 0 aliphatic heterocycles. The second-order valence-electron chi connectivity index (χ2n) is 3.12. The number of hydrogen-bond acceptors (Lipinski definition) is 3. The number of phenols is 1. The van der Waals surface area contributed by atoms with E-state index < -0.39 is 0 Å². The van der Waals surface area contributed by atoms with Gasteiger partial charge in [0.25, 0.3) is 0 Å². The van der Waals surface area contributed by atoms with Crippen molar-refractivity contribution in [3.8, 4) is 17.2 Å². The Kier molecular flexibility index (Phi) is 6.97. The van der Waals surface area contributed by atoms with Crippen LogP contribution in [0.5, 0.6) is 17.2 Å². The summed E-state index contributed by atoms with van der Waals surface area (Å²) in [5.41, 5.74) is 0. The maximum absolute atomic E-state index is 9.55. The fourth-order valence-corrected chi connectivity index (χ4v) is 1.52. The summed E-state index contributed by atoms with van der Waals surface area (Å²) in [6, 6.07) is 3.20. The second kappa shape index (κ2) is 7.39. The van der Waals surface area contributed by atoms with Gasteiger partial charge >= 0.3 is 0 Å².